The zero-order chi connectivity index (χ0) is 27.4. The molecule has 2 heterocycles. The number of thiocarbonyl (C=S) groups is 1. The van der Waals surface area contributed by atoms with Gasteiger partial charge in [0.25, 0.3) is 5.91 Å². The second-order valence-corrected chi connectivity index (χ2v) is 10.1. The van der Waals surface area contributed by atoms with Crippen molar-refractivity contribution in [1.82, 2.24) is 14.7 Å². The number of anilines is 1. The van der Waals surface area contributed by atoms with E-state index in [-0.39, 0.29) is 23.3 Å². The summed E-state index contributed by atoms with van der Waals surface area (Å²) in [6.07, 6.45) is -2.14. The summed E-state index contributed by atoms with van der Waals surface area (Å²) < 4.78 is 45.3. The van der Waals surface area contributed by atoms with Gasteiger partial charge in [0, 0.05) is 39.8 Å². The lowest BCUT2D eigenvalue weighted by Gasteiger charge is -2.34. The number of nitriles is 1. The predicted octanol–water partition coefficient (Wildman–Crippen LogP) is 3.25. The number of nitrogens with zero attached hydrogens (tertiary/aromatic N) is 5. The molecule has 2 aliphatic rings. The number of amides is 2. The number of alkyl halides is 3. The van der Waals surface area contributed by atoms with E-state index in [1.807, 2.05) is 4.90 Å². The highest BCUT2D eigenvalue weighted by Gasteiger charge is 2.49. The number of ether oxygens (including phenoxy) is 1. The molecule has 2 saturated heterocycles. The predicted molar refractivity (Wildman–Crippen MR) is 136 cm³/mol. The third-order valence-electron chi connectivity index (χ3n) is 6.86. The van der Waals surface area contributed by atoms with Crippen LogP contribution in [0.25, 0.3) is 0 Å². The van der Waals surface area contributed by atoms with E-state index < -0.39 is 28.7 Å². The van der Waals surface area contributed by atoms with Gasteiger partial charge in [-0.25, -0.2) is 0 Å². The fourth-order valence-corrected chi connectivity index (χ4v) is 5.17. The molecule has 0 atom stereocenters. The van der Waals surface area contributed by atoms with E-state index in [0.29, 0.717) is 19.6 Å². The summed E-state index contributed by atoms with van der Waals surface area (Å²) in [7, 11) is 1.51. The zero-order valence-electron chi connectivity index (χ0n) is 21.3. The van der Waals surface area contributed by atoms with Crippen LogP contribution < -0.4 is 4.90 Å². The lowest BCUT2D eigenvalue weighted by molar-refractivity contribution is -0.138. The lowest BCUT2D eigenvalue weighted by Crippen LogP contribution is -2.49. The maximum Gasteiger partial charge on any atom is 0.417 e. The van der Waals surface area contributed by atoms with Crippen LogP contribution in [0.5, 0.6) is 0 Å². The summed E-state index contributed by atoms with van der Waals surface area (Å²) in [5.41, 5.74) is -2.61. The van der Waals surface area contributed by atoms with E-state index in [0.717, 1.165) is 55.9 Å². The monoisotopic (exact) mass is 539 g/mol. The SMILES string of the molecule is COCC(=O)N1CCN(CCCCCN2C(=S)N(c3ccc(C#N)c(C(F)(F)F)c3)C(=O)C2(C)C)CC1. The largest absolute Gasteiger partial charge is 0.417 e. The summed E-state index contributed by atoms with van der Waals surface area (Å²) in [4.78, 5) is 32.1. The summed E-state index contributed by atoms with van der Waals surface area (Å²) in [5.74, 6) is -0.401. The van der Waals surface area contributed by atoms with Gasteiger partial charge >= 0.3 is 6.18 Å². The quantitative estimate of drug-likeness (QED) is 0.352. The number of methoxy groups -OCH3 is 1. The van der Waals surface area contributed by atoms with E-state index in [1.165, 1.54) is 13.2 Å². The molecule has 0 bridgehead atoms. The minimum atomic E-state index is -4.73. The molecule has 0 aliphatic carbocycles. The Morgan fingerprint density at radius 3 is 2.38 bits per heavy atom. The number of carbonyl (C=O) groups excluding carboxylic acids is 2. The van der Waals surface area contributed by atoms with Crippen molar-refractivity contribution < 1.29 is 27.5 Å². The van der Waals surface area contributed by atoms with Crippen molar-refractivity contribution in [2.45, 2.75) is 44.8 Å². The first kappa shape index (κ1) is 28.8. The topological polar surface area (TPSA) is 80.1 Å². The van der Waals surface area contributed by atoms with Crippen molar-refractivity contribution in [1.29, 1.82) is 5.26 Å². The molecule has 0 saturated carbocycles. The number of halogens is 3. The molecule has 8 nitrogen and oxygen atoms in total. The Kier molecular flexibility index (Phi) is 9.15. The van der Waals surface area contributed by atoms with Crippen molar-refractivity contribution >= 4 is 34.8 Å². The molecule has 37 heavy (non-hydrogen) atoms. The third-order valence-corrected chi connectivity index (χ3v) is 7.26. The Hall–Kier alpha value is -2.75. The van der Waals surface area contributed by atoms with Crippen LogP contribution >= 0.6 is 12.2 Å². The Morgan fingerprint density at radius 2 is 1.78 bits per heavy atom. The normalized spacial score (nSPS) is 18.5. The van der Waals surface area contributed by atoms with Gasteiger partial charge in [0.15, 0.2) is 5.11 Å². The van der Waals surface area contributed by atoms with E-state index in [2.05, 4.69) is 4.90 Å². The molecule has 12 heteroatoms. The van der Waals surface area contributed by atoms with Crippen LogP contribution in [-0.4, -0.2) is 90.2 Å². The third kappa shape index (κ3) is 6.40. The number of rotatable bonds is 9. The average molecular weight is 540 g/mol. The molecular weight excluding hydrogens is 507 g/mol. The number of hydrogen-bond donors (Lipinski definition) is 0. The van der Waals surface area contributed by atoms with Crippen molar-refractivity contribution in [2.24, 2.45) is 0 Å². The second kappa shape index (κ2) is 11.8. The van der Waals surface area contributed by atoms with Crippen LogP contribution in [0.15, 0.2) is 18.2 Å². The standard InChI is InChI=1S/C25H32F3N5O3S/c1-24(2)22(35)33(19-8-7-18(16-29)20(15-19)25(26,27)28)23(37)32(24)10-6-4-5-9-30-11-13-31(14-12-30)21(34)17-36-3/h7-8,15H,4-6,9-14,17H2,1-3H3. The molecule has 2 aliphatic heterocycles. The zero-order valence-corrected chi connectivity index (χ0v) is 22.1. The highest BCUT2D eigenvalue weighted by atomic mass is 32.1. The van der Waals surface area contributed by atoms with Crippen LogP contribution in [0.1, 0.15) is 44.2 Å². The van der Waals surface area contributed by atoms with Crippen molar-refractivity contribution in [3.8, 4) is 6.07 Å². The average Bonchev–Trinajstić information content (AvgIpc) is 3.02. The molecule has 0 unspecified atom stereocenters. The van der Waals surface area contributed by atoms with Gasteiger partial charge in [-0.3, -0.25) is 19.4 Å². The minimum Gasteiger partial charge on any atom is -0.375 e. The fraction of sp³-hybridized carbons (Fsp3) is 0.600. The molecular formula is C25H32F3N5O3S. The molecule has 0 radical (unpaired) electrons. The number of piperazine rings is 1. The maximum atomic E-state index is 13.5. The number of carbonyl (C=O) groups is 2. The first-order chi connectivity index (χ1) is 17.4. The summed E-state index contributed by atoms with van der Waals surface area (Å²) in [6, 6.07) is 4.75. The first-order valence-corrected chi connectivity index (χ1v) is 12.6. The van der Waals surface area contributed by atoms with Gasteiger partial charge in [-0.15, -0.1) is 0 Å². The van der Waals surface area contributed by atoms with Gasteiger partial charge in [-0.2, -0.15) is 18.4 Å². The molecule has 1 aromatic carbocycles. The van der Waals surface area contributed by atoms with Gasteiger partial charge in [-0.1, -0.05) is 6.42 Å². The smallest absolute Gasteiger partial charge is 0.375 e. The Balaban J connectivity index is 1.55. The van der Waals surface area contributed by atoms with Crippen LogP contribution in [-0.2, 0) is 20.5 Å². The summed E-state index contributed by atoms with van der Waals surface area (Å²) in [5, 5.41) is 9.21. The lowest BCUT2D eigenvalue weighted by atomic mass is 10.0. The van der Waals surface area contributed by atoms with Gasteiger partial charge in [-0.05, 0) is 63.7 Å². The van der Waals surface area contributed by atoms with Gasteiger partial charge in [0.1, 0.15) is 12.1 Å². The number of unbranched alkanes of at least 4 members (excludes halogenated alkanes) is 2. The molecule has 0 spiro atoms. The van der Waals surface area contributed by atoms with Gasteiger partial charge in [0.2, 0.25) is 5.91 Å². The van der Waals surface area contributed by atoms with Crippen molar-refractivity contribution in [2.75, 3.05) is 57.9 Å². The first-order valence-electron chi connectivity index (χ1n) is 12.2. The fourth-order valence-electron chi connectivity index (χ4n) is 4.66. The molecule has 0 N–H and O–H groups in total. The van der Waals surface area contributed by atoms with E-state index in [1.54, 1.807) is 24.8 Å². The van der Waals surface area contributed by atoms with Crippen LogP contribution in [0.4, 0.5) is 18.9 Å². The van der Waals surface area contributed by atoms with Crippen LogP contribution in [0.2, 0.25) is 0 Å². The van der Waals surface area contributed by atoms with E-state index >= 15 is 0 Å². The molecule has 202 valence electrons. The highest BCUT2D eigenvalue weighted by molar-refractivity contribution is 7.80. The summed E-state index contributed by atoms with van der Waals surface area (Å²) >= 11 is 5.53. The maximum absolute atomic E-state index is 13.5. The minimum absolute atomic E-state index is 0.0000215. The molecule has 0 aromatic heterocycles. The van der Waals surface area contributed by atoms with E-state index in [9.17, 15) is 22.8 Å². The summed E-state index contributed by atoms with van der Waals surface area (Å²) in [6.45, 7) is 7.90. The molecule has 1 aromatic rings. The van der Waals surface area contributed by atoms with Crippen LogP contribution in [0.3, 0.4) is 0 Å². The van der Waals surface area contributed by atoms with E-state index in [4.69, 9.17) is 22.2 Å². The van der Waals surface area contributed by atoms with Gasteiger partial charge in [0.05, 0.1) is 22.9 Å². The highest BCUT2D eigenvalue weighted by Crippen LogP contribution is 2.38. The second-order valence-electron chi connectivity index (χ2n) is 9.69. The Bertz CT molecular complexity index is 1060. The number of hydrogen-bond acceptors (Lipinski definition) is 6. The molecule has 2 amide bonds. The Labute approximate surface area is 220 Å². The van der Waals surface area contributed by atoms with Crippen molar-refractivity contribution in [3.63, 3.8) is 0 Å². The van der Waals surface area contributed by atoms with Crippen LogP contribution in [0, 0.1) is 11.3 Å². The number of benzene rings is 1. The van der Waals surface area contributed by atoms with Gasteiger partial charge < -0.3 is 14.5 Å². The van der Waals surface area contributed by atoms with Crippen molar-refractivity contribution in [3.05, 3.63) is 29.3 Å². The molecule has 2 fully saturated rings. The Morgan fingerprint density at radius 1 is 1.14 bits per heavy atom. The molecule has 3 rings (SSSR count).